The third-order valence-electron chi connectivity index (χ3n) is 1.18. The highest BCUT2D eigenvalue weighted by atomic mass is 16.1. The van der Waals surface area contributed by atoms with Gasteiger partial charge in [0.1, 0.15) is 0 Å². The minimum absolute atomic E-state index is 0.128. The smallest absolute Gasteiger partial charge is 0.184 e. The summed E-state index contributed by atoms with van der Waals surface area (Å²) in [6.07, 6.45) is 1.64. The third-order valence-corrected chi connectivity index (χ3v) is 1.18. The van der Waals surface area contributed by atoms with E-state index in [0.29, 0.717) is 5.69 Å². The van der Waals surface area contributed by atoms with Crippen molar-refractivity contribution in [1.82, 2.24) is 4.98 Å². The fourth-order valence-electron chi connectivity index (χ4n) is 0.685. The number of aromatic amines is 1. The van der Waals surface area contributed by atoms with Crippen LogP contribution in [0.1, 0.15) is 10.5 Å². The molecule has 0 amide bonds. The molecule has 0 unspecified atom stereocenters. The summed E-state index contributed by atoms with van der Waals surface area (Å²) in [4.78, 5) is 16.2. The Kier molecular flexibility index (Phi) is 2.30. The van der Waals surface area contributed by atoms with Crippen molar-refractivity contribution in [3.63, 3.8) is 0 Å². The van der Waals surface area contributed by atoms with Crippen molar-refractivity contribution in [2.45, 2.75) is 0 Å². The van der Waals surface area contributed by atoms with E-state index < -0.39 is 0 Å². The first-order valence-corrected chi connectivity index (χ1v) is 3.02. The van der Waals surface area contributed by atoms with E-state index >= 15 is 0 Å². The maximum absolute atomic E-state index is 11.0. The number of hydrogen-bond donors (Lipinski definition) is 1. The Morgan fingerprint density at radius 2 is 2.64 bits per heavy atom. The SMILES string of the molecule is [N-]=[N+]=NCC(=O)c1ccc[nH]1. The van der Waals surface area contributed by atoms with Gasteiger partial charge in [0, 0.05) is 11.1 Å². The first kappa shape index (κ1) is 7.37. The molecule has 1 rings (SSSR count). The van der Waals surface area contributed by atoms with Crippen LogP contribution in [0.25, 0.3) is 10.4 Å². The summed E-state index contributed by atoms with van der Waals surface area (Å²) < 4.78 is 0. The van der Waals surface area contributed by atoms with Crippen LogP contribution >= 0.6 is 0 Å². The van der Waals surface area contributed by atoms with Crippen LogP contribution in [0.2, 0.25) is 0 Å². The van der Waals surface area contributed by atoms with Crippen molar-refractivity contribution >= 4 is 5.78 Å². The molecular weight excluding hydrogens is 144 g/mol. The molecule has 1 aromatic heterocycles. The van der Waals surface area contributed by atoms with E-state index in [4.69, 9.17) is 5.53 Å². The maximum Gasteiger partial charge on any atom is 0.184 e. The molecule has 0 saturated heterocycles. The van der Waals surface area contributed by atoms with Crippen LogP contribution in [0.5, 0.6) is 0 Å². The standard InChI is InChI=1S/C6H6N4O/c7-10-9-4-6(11)5-2-1-3-8-5/h1-3,8H,4H2. The van der Waals surface area contributed by atoms with E-state index in [1.54, 1.807) is 18.3 Å². The predicted octanol–water partition coefficient (Wildman–Crippen LogP) is 1.51. The Labute approximate surface area is 62.7 Å². The lowest BCUT2D eigenvalue weighted by atomic mass is 10.3. The predicted molar refractivity (Wildman–Crippen MR) is 39.1 cm³/mol. The van der Waals surface area contributed by atoms with Crippen molar-refractivity contribution in [2.75, 3.05) is 6.54 Å². The second-order valence-electron chi connectivity index (χ2n) is 1.90. The van der Waals surface area contributed by atoms with Gasteiger partial charge in [-0.05, 0) is 17.7 Å². The molecule has 5 heteroatoms. The molecule has 0 aromatic carbocycles. The molecule has 5 nitrogen and oxygen atoms in total. The molecule has 0 bridgehead atoms. The van der Waals surface area contributed by atoms with Crippen molar-refractivity contribution in [3.8, 4) is 0 Å². The number of rotatable bonds is 3. The van der Waals surface area contributed by atoms with E-state index in [0.717, 1.165) is 0 Å². The Bertz CT molecular complexity index is 284. The monoisotopic (exact) mass is 150 g/mol. The molecule has 0 radical (unpaired) electrons. The zero-order chi connectivity index (χ0) is 8.10. The molecule has 0 saturated carbocycles. The van der Waals surface area contributed by atoms with E-state index in [9.17, 15) is 4.79 Å². The fourth-order valence-corrected chi connectivity index (χ4v) is 0.685. The summed E-state index contributed by atoms with van der Waals surface area (Å²) >= 11 is 0. The van der Waals surface area contributed by atoms with Gasteiger partial charge in [0.05, 0.1) is 12.2 Å². The van der Waals surface area contributed by atoms with Crippen molar-refractivity contribution in [1.29, 1.82) is 0 Å². The Morgan fingerprint density at radius 3 is 3.18 bits per heavy atom. The molecule has 0 spiro atoms. The van der Waals surface area contributed by atoms with Gasteiger partial charge in [-0.1, -0.05) is 5.11 Å². The minimum atomic E-state index is -0.201. The number of azide groups is 1. The molecule has 0 fully saturated rings. The second-order valence-corrected chi connectivity index (χ2v) is 1.90. The molecule has 1 aromatic rings. The number of nitrogens with one attached hydrogen (secondary N) is 1. The van der Waals surface area contributed by atoms with E-state index in [2.05, 4.69) is 15.0 Å². The lowest BCUT2D eigenvalue weighted by molar-refractivity contribution is 0.0997. The largest absolute Gasteiger partial charge is 0.359 e. The summed E-state index contributed by atoms with van der Waals surface area (Å²) in [7, 11) is 0. The average molecular weight is 150 g/mol. The van der Waals surface area contributed by atoms with Gasteiger partial charge in [-0.15, -0.1) is 0 Å². The summed E-state index contributed by atoms with van der Waals surface area (Å²) in [5.41, 5.74) is 8.38. The molecule has 0 atom stereocenters. The minimum Gasteiger partial charge on any atom is -0.359 e. The molecule has 0 aliphatic rings. The van der Waals surface area contributed by atoms with Gasteiger partial charge in [-0.3, -0.25) is 4.79 Å². The highest BCUT2D eigenvalue weighted by Crippen LogP contribution is 1.95. The van der Waals surface area contributed by atoms with Crippen LogP contribution in [0.3, 0.4) is 0 Å². The molecule has 56 valence electrons. The lowest BCUT2D eigenvalue weighted by Crippen LogP contribution is -2.02. The van der Waals surface area contributed by atoms with E-state index in [-0.39, 0.29) is 12.3 Å². The number of aromatic nitrogens is 1. The number of Topliss-reactive ketones (excluding diaryl/α,β-unsaturated/α-hetero) is 1. The summed E-state index contributed by atoms with van der Waals surface area (Å²) in [5, 5.41) is 3.14. The molecular formula is C6H6N4O. The number of H-pyrrole nitrogens is 1. The summed E-state index contributed by atoms with van der Waals surface area (Å²) in [5.74, 6) is -0.201. The fraction of sp³-hybridized carbons (Fsp3) is 0.167. The highest BCUT2D eigenvalue weighted by molar-refractivity contribution is 5.95. The van der Waals surface area contributed by atoms with Gasteiger partial charge in [-0.25, -0.2) is 0 Å². The Hall–Kier alpha value is -1.74. The quantitative estimate of drug-likeness (QED) is 0.301. The maximum atomic E-state index is 11.0. The second kappa shape index (κ2) is 3.43. The molecule has 0 aliphatic carbocycles. The Morgan fingerprint density at radius 1 is 1.82 bits per heavy atom. The van der Waals surface area contributed by atoms with E-state index in [1.165, 1.54) is 0 Å². The van der Waals surface area contributed by atoms with Crippen LogP contribution in [-0.4, -0.2) is 17.3 Å². The van der Waals surface area contributed by atoms with E-state index in [1.807, 2.05) is 0 Å². The lowest BCUT2D eigenvalue weighted by Gasteiger charge is -1.88. The molecule has 1 N–H and O–H groups in total. The van der Waals surface area contributed by atoms with Gasteiger partial charge in [-0.2, -0.15) is 0 Å². The molecule has 0 aliphatic heterocycles. The normalized spacial score (nSPS) is 8.73. The van der Waals surface area contributed by atoms with Gasteiger partial charge in [0.2, 0.25) is 0 Å². The number of nitrogens with zero attached hydrogens (tertiary/aromatic N) is 3. The van der Waals surface area contributed by atoms with Gasteiger partial charge >= 0.3 is 0 Å². The topological polar surface area (TPSA) is 81.6 Å². The summed E-state index contributed by atoms with van der Waals surface area (Å²) in [6.45, 7) is -0.128. The summed E-state index contributed by atoms with van der Waals surface area (Å²) in [6, 6.07) is 3.35. The first-order valence-electron chi connectivity index (χ1n) is 3.02. The van der Waals surface area contributed by atoms with Crippen LogP contribution in [0, 0.1) is 0 Å². The third kappa shape index (κ3) is 1.84. The average Bonchev–Trinajstić information content (AvgIpc) is 2.52. The highest BCUT2D eigenvalue weighted by Gasteiger charge is 2.02. The number of hydrogen-bond acceptors (Lipinski definition) is 2. The van der Waals surface area contributed by atoms with Gasteiger partial charge in [0.15, 0.2) is 5.78 Å². The van der Waals surface area contributed by atoms with Crippen LogP contribution in [-0.2, 0) is 0 Å². The zero-order valence-corrected chi connectivity index (χ0v) is 5.69. The zero-order valence-electron chi connectivity index (χ0n) is 5.69. The number of ketones is 1. The van der Waals surface area contributed by atoms with Crippen molar-refractivity contribution in [3.05, 3.63) is 34.5 Å². The van der Waals surface area contributed by atoms with Gasteiger partial charge < -0.3 is 4.98 Å². The first-order chi connectivity index (χ1) is 5.34. The van der Waals surface area contributed by atoms with Crippen LogP contribution < -0.4 is 0 Å². The van der Waals surface area contributed by atoms with Crippen LogP contribution in [0.4, 0.5) is 0 Å². The Balaban J connectivity index is 2.63. The van der Waals surface area contributed by atoms with Crippen molar-refractivity contribution < 1.29 is 4.79 Å². The number of carbonyl (C=O) groups is 1. The van der Waals surface area contributed by atoms with Crippen LogP contribution in [0.15, 0.2) is 23.4 Å². The van der Waals surface area contributed by atoms with Crippen molar-refractivity contribution in [2.24, 2.45) is 5.11 Å². The molecule has 1 heterocycles. The van der Waals surface area contributed by atoms with Gasteiger partial charge in [0.25, 0.3) is 0 Å². The number of carbonyl (C=O) groups excluding carboxylic acids is 1. The molecule has 11 heavy (non-hydrogen) atoms.